The molecule has 5 heteroatoms. The standard InChI is InChI=1S/C14H24N4O/c1-3-12-16-8-10-18(12)9-4-7-14(2,13(15)19)17-11-5-6-11/h8,10-11,17H,3-7,9H2,1-2H3,(H2,15,19). The smallest absolute Gasteiger partial charge is 0.237 e. The van der Waals surface area contributed by atoms with Crippen LogP contribution in [0, 0.1) is 0 Å². The number of imidazole rings is 1. The van der Waals surface area contributed by atoms with Crippen molar-refractivity contribution in [3.05, 3.63) is 18.2 Å². The van der Waals surface area contributed by atoms with Crippen molar-refractivity contribution in [2.45, 2.75) is 64.1 Å². The van der Waals surface area contributed by atoms with Crippen LogP contribution in [-0.4, -0.2) is 27.0 Å². The van der Waals surface area contributed by atoms with Gasteiger partial charge in [0.2, 0.25) is 5.91 Å². The van der Waals surface area contributed by atoms with E-state index in [9.17, 15) is 4.79 Å². The lowest BCUT2D eigenvalue weighted by atomic mass is 9.94. The van der Waals surface area contributed by atoms with Gasteiger partial charge in [-0.2, -0.15) is 0 Å². The molecule has 1 saturated carbocycles. The molecule has 0 aromatic carbocycles. The van der Waals surface area contributed by atoms with Crippen molar-refractivity contribution in [1.82, 2.24) is 14.9 Å². The fourth-order valence-corrected chi connectivity index (χ4v) is 2.41. The number of carbonyl (C=O) groups excluding carboxylic acids is 1. The molecular weight excluding hydrogens is 240 g/mol. The summed E-state index contributed by atoms with van der Waals surface area (Å²) in [5, 5.41) is 3.38. The van der Waals surface area contributed by atoms with Gasteiger partial charge in [0.25, 0.3) is 0 Å². The minimum Gasteiger partial charge on any atom is -0.368 e. The molecule has 1 amide bonds. The van der Waals surface area contributed by atoms with Crippen LogP contribution in [0.15, 0.2) is 12.4 Å². The second kappa shape index (κ2) is 5.74. The van der Waals surface area contributed by atoms with Gasteiger partial charge in [0.15, 0.2) is 0 Å². The summed E-state index contributed by atoms with van der Waals surface area (Å²) in [6.07, 6.45) is 8.75. The third-order valence-electron chi connectivity index (χ3n) is 3.84. The Morgan fingerprint density at radius 1 is 1.63 bits per heavy atom. The number of primary amides is 1. The zero-order chi connectivity index (χ0) is 13.9. The van der Waals surface area contributed by atoms with Crippen LogP contribution >= 0.6 is 0 Å². The molecule has 0 radical (unpaired) electrons. The predicted molar refractivity (Wildman–Crippen MR) is 74.6 cm³/mol. The number of aromatic nitrogens is 2. The maximum Gasteiger partial charge on any atom is 0.237 e. The van der Waals surface area contributed by atoms with E-state index < -0.39 is 5.54 Å². The molecule has 106 valence electrons. The SMILES string of the molecule is CCc1nccn1CCCC(C)(NC1CC1)C(N)=O. The molecule has 0 bridgehead atoms. The Morgan fingerprint density at radius 2 is 2.37 bits per heavy atom. The molecule has 1 fully saturated rings. The summed E-state index contributed by atoms with van der Waals surface area (Å²) < 4.78 is 2.15. The number of aryl methyl sites for hydroxylation is 2. The molecule has 2 rings (SSSR count). The zero-order valence-electron chi connectivity index (χ0n) is 11.9. The topological polar surface area (TPSA) is 72.9 Å². The average molecular weight is 264 g/mol. The lowest BCUT2D eigenvalue weighted by Gasteiger charge is -2.27. The Kier molecular flexibility index (Phi) is 4.24. The van der Waals surface area contributed by atoms with Crippen LogP contribution in [0.4, 0.5) is 0 Å². The maximum atomic E-state index is 11.6. The molecule has 1 aliphatic carbocycles. The lowest BCUT2D eigenvalue weighted by molar-refractivity contribution is -0.124. The molecule has 0 saturated heterocycles. The Morgan fingerprint density at radius 3 is 2.95 bits per heavy atom. The Hall–Kier alpha value is -1.36. The second-order valence-corrected chi connectivity index (χ2v) is 5.61. The van der Waals surface area contributed by atoms with Crippen molar-refractivity contribution in [2.24, 2.45) is 5.73 Å². The third kappa shape index (κ3) is 3.56. The van der Waals surface area contributed by atoms with Gasteiger partial charge in [-0.05, 0) is 32.6 Å². The number of rotatable bonds is 8. The molecule has 5 nitrogen and oxygen atoms in total. The summed E-state index contributed by atoms with van der Waals surface area (Å²) in [4.78, 5) is 15.9. The summed E-state index contributed by atoms with van der Waals surface area (Å²) >= 11 is 0. The summed E-state index contributed by atoms with van der Waals surface area (Å²) in [5.41, 5.74) is 4.97. The third-order valence-corrected chi connectivity index (χ3v) is 3.84. The van der Waals surface area contributed by atoms with E-state index in [1.165, 1.54) is 0 Å². The van der Waals surface area contributed by atoms with E-state index in [4.69, 9.17) is 5.73 Å². The van der Waals surface area contributed by atoms with E-state index in [1.807, 2.05) is 19.3 Å². The van der Waals surface area contributed by atoms with Crippen LogP contribution in [0.3, 0.4) is 0 Å². The summed E-state index contributed by atoms with van der Waals surface area (Å²) in [6, 6.07) is 0.483. The maximum absolute atomic E-state index is 11.6. The largest absolute Gasteiger partial charge is 0.368 e. The van der Waals surface area contributed by atoms with E-state index in [0.29, 0.717) is 6.04 Å². The number of hydrogen-bond donors (Lipinski definition) is 2. The minimum atomic E-state index is -0.575. The number of carbonyl (C=O) groups is 1. The molecule has 0 spiro atoms. The first kappa shape index (κ1) is 14.1. The number of nitrogens with zero attached hydrogens (tertiary/aromatic N) is 2. The van der Waals surface area contributed by atoms with Crippen LogP contribution in [0.25, 0.3) is 0 Å². The number of amides is 1. The van der Waals surface area contributed by atoms with Gasteiger partial charge in [0, 0.05) is 31.4 Å². The normalized spacial score (nSPS) is 18.2. The highest BCUT2D eigenvalue weighted by Crippen LogP contribution is 2.24. The molecular formula is C14H24N4O. The number of nitrogens with two attached hydrogens (primary N) is 1. The molecule has 1 aliphatic rings. The molecule has 1 atom stereocenters. The molecule has 1 aromatic heterocycles. The van der Waals surface area contributed by atoms with Gasteiger partial charge in [-0.3, -0.25) is 4.79 Å². The van der Waals surface area contributed by atoms with E-state index in [-0.39, 0.29) is 5.91 Å². The van der Waals surface area contributed by atoms with Crippen LogP contribution < -0.4 is 11.1 Å². The minimum absolute atomic E-state index is 0.249. The number of hydrogen-bond acceptors (Lipinski definition) is 3. The monoisotopic (exact) mass is 264 g/mol. The van der Waals surface area contributed by atoms with Crippen molar-refractivity contribution in [3.63, 3.8) is 0 Å². The van der Waals surface area contributed by atoms with Crippen molar-refractivity contribution >= 4 is 5.91 Å². The molecule has 1 unspecified atom stereocenters. The van der Waals surface area contributed by atoms with E-state index in [1.54, 1.807) is 0 Å². The van der Waals surface area contributed by atoms with Crippen molar-refractivity contribution < 1.29 is 4.79 Å². The van der Waals surface area contributed by atoms with Gasteiger partial charge in [-0.25, -0.2) is 4.98 Å². The Balaban J connectivity index is 1.86. The van der Waals surface area contributed by atoms with Gasteiger partial charge in [-0.1, -0.05) is 6.92 Å². The molecule has 0 aliphatic heterocycles. The first-order chi connectivity index (χ1) is 9.05. The Bertz CT molecular complexity index is 438. The predicted octanol–water partition coefficient (Wildman–Crippen LogP) is 1.22. The van der Waals surface area contributed by atoms with Gasteiger partial charge < -0.3 is 15.6 Å². The average Bonchev–Trinajstić information content (AvgIpc) is 3.05. The van der Waals surface area contributed by atoms with Gasteiger partial charge >= 0.3 is 0 Å². The fraction of sp³-hybridized carbons (Fsp3) is 0.714. The summed E-state index contributed by atoms with van der Waals surface area (Å²) in [6.45, 7) is 4.90. The summed E-state index contributed by atoms with van der Waals surface area (Å²) in [5.74, 6) is 0.844. The van der Waals surface area contributed by atoms with Crippen LogP contribution in [0.1, 0.15) is 45.4 Å². The van der Waals surface area contributed by atoms with Crippen LogP contribution in [0.2, 0.25) is 0 Å². The molecule has 3 N–H and O–H groups in total. The lowest BCUT2D eigenvalue weighted by Crippen LogP contribution is -2.54. The Labute approximate surface area is 114 Å². The first-order valence-electron chi connectivity index (χ1n) is 7.13. The summed E-state index contributed by atoms with van der Waals surface area (Å²) in [7, 11) is 0. The molecule has 19 heavy (non-hydrogen) atoms. The zero-order valence-corrected chi connectivity index (χ0v) is 11.9. The van der Waals surface area contributed by atoms with Crippen molar-refractivity contribution in [2.75, 3.05) is 0 Å². The first-order valence-corrected chi connectivity index (χ1v) is 7.13. The highest BCUT2D eigenvalue weighted by molar-refractivity contribution is 5.84. The van der Waals surface area contributed by atoms with Gasteiger partial charge in [0.05, 0.1) is 5.54 Å². The number of nitrogens with one attached hydrogen (secondary N) is 1. The van der Waals surface area contributed by atoms with E-state index in [2.05, 4.69) is 21.8 Å². The second-order valence-electron chi connectivity index (χ2n) is 5.61. The fourth-order valence-electron chi connectivity index (χ4n) is 2.41. The van der Waals surface area contributed by atoms with Crippen LogP contribution in [0.5, 0.6) is 0 Å². The quantitative estimate of drug-likeness (QED) is 0.741. The van der Waals surface area contributed by atoms with Crippen molar-refractivity contribution in [3.8, 4) is 0 Å². The molecule has 1 aromatic rings. The van der Waals surface area contributed by atoms with Gasteiger partial charge in [-0.15, -0.1) is 0 Å². The molecule has 1 heterocycles. The van der Waals surface area contributed by atoms with Crippen LogP contribution in [-0.2, 0) is 17.8 Å². The highest BCUT2D eigenvalue weighted by atomic mass is 16.1. The van der Waals surface area contributed by atoms with Gasteiger partial charge in [0.1, 0.15) is 5.82 Å². The highest BCUT2D eigenvalue weighted by Gasteiger charge is 2.36. The van der Waals surface area contributed by atoms with Crippen molar-refractivity contribution in [1.29, 1.82) is 0 Å². The van der Waals surface area contributed by atoms with E-state index >= 15 is 0 Å². The van der Waals surface area contributed by atoms with E-state index in [0.717, 1.165) is 44.5 Å².